The summed E-state index contributed by atoms with van der Waals surface area (Å²) in [5, 5.41) is 20.4. The lowest BCUT2D eigenvalue weighted by Gasteiger charge is -2.02. The van der Waals surface area contributed by atoms with E-state index < -0.39 is 0 Å². The summed E-state index contributed by atoms with van der Waals surface area (Å²) >= 11 is 0. The SMILES string of the molecule is CCCCNC(=O)C(C#N)=Cc1ccc(C#N)cc1. The Kier molecular flexibility index (Phi) is 5.85. The Balaban J connectivity index is 2.78. The maximum absolute atomic E-state index is 11.7. The predicted molar refractivity (Wildman–Crippen MR) is 72.7 cm³/mol. The molecule has 1 aromatic carbocycles. The third-order valence-electron chi connectivity index (χ3n) is 2.53. The standard InChI is InChI=1S/C15H15N3O/c1-2-3-8-18-15(19)14(11-17)9-12-4-6-13(10-16)7-5-12/h4-7,9H,2-3,8H2,1H3,(H,18,19). The van der Waals surface area contributed by atoms with Crippen molar-refractivity contribution in [1.82, 2.24) is 5.32 Å². The normalized spacial score (nSPS) is 10.4. The third kappa shape index (κ3) is 4.65. The first-order valence-corrected chi connectivity index (χ1v) is 6.11. The molecule has 0 aromatic heterocycles. The fourth-order valence-electron chi connectivity index (χ4n) is 1.44. The summed E-state index contributed by atoms with van der Waals surface area (Å²) in [4.78, 5) is 11.7. The number of carbonyl (C=O) groups is 1. The molecule has 1 rings (SSSR count). The van der Waals surface area contributed by atoms with Gasteiger partial charge in [-0.15, -0.1) is 0 Å². The molecule has 0 fully saturated rings. The molecular formula is C15H15N3O. The van der Waals surface area contributed by atoms with Crippen molar-refractivity contribution in [1.29, 1.82) is 10.5 Å². The number of unbranched alkanes of at least 4 members (excludes halogenated alkanes) is 1. The molecule has 1 amide bonds. The summed E-state index contributed by atoms with van der Waals surface area (Å²) in [5.41, 5.74) is 1.34. The maximum atomic E-state index is 11.7. The molecule has 0 saturated heterocycles. The number of nitrogens with zero attached hydrogens (tertiary/aromatic N) is 2. The van der Waals surface area contributed by atoms with E-state index in [1.54, 1.807) is 24.3 Å². The molecule has 96 valence electrons. The van der Waals surface area contributed by atoms with E-state index in [0.717, 1.165) is 18.4 Å². The van der Waals surface area contributed by atoms with E-state index in [1.807, 2.05) is 19.1 Å². The molecule has 0 spiro atoms. The number of hydrogen-bond donors (Lipinski definition) is 1. The molecule has 0 aliphatic heterocycles. The molecule has 0 atom stereocenters. The molecule has 0 bridgehead atoms. The van der Waals surface area contributed by atoms with Crippen LogP contribution in [0.2, 0.25) is 0 Å². The number of rotatable bonds is 5. The lowest BCUT2D eigenvalue weighted by atomic mass is 10.1. The molecule has 0 aliphatic rings. The van der Waals surface area contributed by atoms with Crippen LogP contribution in [-0.2, 0) is 4.79 Å². The molecule has 0 saturated carbocycles. The minimum absolute atomic E-state index is 0.0702. The minimum Gasteiger partial charge on any atom is -0.351 e. The van der Waals surface area contributed by atoms with Gasteiger partial charge in [0.15, 0.2) is 0 Å². The van der Waals surface area contributed by atoms with Crippen molar-refractivity contribution in [3.05, 3.63) is 41.0 Å². The van der Waals surface area contributed by atoms with Crippen molar-refractivity contribution in [2.45, 2.75) is 19.8 Å². The average Bonchev–Trinajstić information content (AvgIpc) is 2.45. The Morgan fingerprint density at radius 1 is 1.32 bits per heavy atom. The summed E-state index contributed by atoms with van der Waals surface area (Å²) in [7, 11) is 0. The van der Waals surface area contributed by atoms with E-state index in [4.69, 9.17) is 10.5 Å². The second kappa shape index (κ2) is 7.68. The van der Waals surface area contributed by atoms with Gasteiger partial charge in [-0.3, -0.25) is 4.79 Å². The number of hydrogen-bond acceptors (Lipinski definition) is 3. The van der Waals surface area contributed by atoms with Crippen LogP contribution < -0.4 is 5.32 Å². The van der Waals surface area contributed by atoms with Gasteiger partial charge >= 0.3 is 0 Å². The Bertz CT molecular complexity index is 544. The first-order chi connectivity index (χ1) is 9.21. The fraction of sp³-hybridized carbons (Fsp3) is 0.267. The molecule has 0 unspecified atom stereocenters. The quantitative estimate of drug-likeness (QED) is 0.497. The molecule has 0 aliphatic carbocycles. The maximum Gasteiger partial charge on any atom is 0.261 e. The number of carbonyl (C=O) groups excluding carboxylic acids is 1. The zero-order valence-electron chi connectivity index (χ0n) is 10.8. The number of nitriles is 2. The van der Waals surface area contributed by atoms with Crippen molar-refractivity contribution < 1.29 is 4.79 Å². The highest BCUT2D eigenvalue weighted by Crippen LogP contribution is 2.08. The van der Waals surface area contributed by atoms with Crippen molar-refractivity contribution in [2.24, 2.45) is 0 Å². The molecular weight excluding hydrogens is 238 g/mol. The van der Waals surface area contributed by atoms with Gasteiger partial charge in [-0.1, -0.05) is 25.5 Å². The fourth-order valence-corrected chi connectivity index (χ4v) is 1.44. The van der Waals surface area contributed by atoms with E-state index >= 15 is 0 Å². The summed E-state index contributed by atoms with van der Waals surface area (Å²) in [5.74, 6) is -0.361. The van der Waals surface area contributed by atoms with Crippen LogP contribution >= 0.6 is 0 Å². The predicted octanol–water partition coefficient (Wildman–Crippen LogP) is 2.38. The Morgan fingerprint density at radius 2 is 2.00 bits per heavy atom. The van der Waals surface area contributed by atoms with Gasteiger partial charge in [-0.05, 0) is 30.2 Å². The van der Waals surface area contributed by atoms with Crippen LogP contribution in [0.4, 0.5) is 0 Å². The molecule has 1 N–H and O–H groups in total. The van der Waals surface area contributed by atoms with Gasteiger partial charge in [-0.25, -0.2) is 0 Å². The van der Waals surface area contributed by atoms with Crippen molar-refractivity contribution in [3.8, 4) is 12.1 Å². The Hall–Kier alpha value is -2.59. The van der Waals surface area contributed by atoms with Crippen LogP contribution in [0.5, 0.6) is 0 Å². The minimum atomic E-state index is -0.361. The van der Waals surface area contributed by atoms with E-state index in [-0.39, 0.29) is 11.5 Å². The van der Waals surface area contributed by atoms with Crippen molar-refractivity contribution in [3.63, 3.8) is 0 Å². The molecule has 0 heterocycles. The Labute approximate surface area is 113 Å². The van der Waals surface area contributed by atoms with Gasteiger partial charge in [0.25, 0.3) is 5.91 Å². The summed E-state index contributed by atoms with van der Waals surface area (Å²) in [6, 6.07) is 10.6. The monoisotopic (exact) mass is 253 g/mol. The van der Waals surface area contributed by atoms with Gasteiger partial charge in [-0.2, -0.15) is 10.5 Å². The Morgan fingerprint density at radius 3 is 2.53 bits per heavy atom. The smallest absolute Gasteiger partial charge is 0.261 e. The number of benzene rings is 1. The molecule has 19 heavy (non-hydrogen) atoms. The van der Waals surface area contributed by atoms with Gasteiger partial charge in [0.05, 0.1) is 11.6 Å². The van der Waals surface area contributed by atoms with Gasteiger partial charge in [0, 0.05) is 6.54 Å². The van der Waals surface area contributed by atoms with Crippen LogP contribution in [0.3, 0.4) is 0 Å². The highest BCUT2D eigenvalue weighted by molar-refractivity contribution is 6.01. The number of amides is 1. The third-order valence-corrected chi connectivity index (χ3v) is 2.53. The lowest BCUT2D eigenvalue weighted by Crippen LogP contribution is -2.25. The average molecular weight is 253 g/mol. The van der Waals surface area contributed by atoms with Crippen LogP contribution in [0.15, 0.2) is 29.8 Å². The van der Waals surface area contributed by atoms with E-state index in [1.165, 1.54) is 6.08 Å². The molecule has 1 aromatic rings. The van der Waals surface area contributed by atoms with Crippen molar-refractivity contribution >= 4 is 12.0 Å². The number of nitrogens with one attached hydrogen (secondary N) is 1. The van der Waals surface area contributed by atoms with Gasteiger partial charge < -0.3 is 5.32 Å². The van der Waals surface area contributed by atoms with Crippen LogP contribution in [0.25, 0.3) is 6.08 Å². The summed E-state index contributed by atoms with van der Waals surface area (Å²) < 4.78 is 0. The van der Waals surface area contributed by atoms with E-state index in [2.05, 4.69) is 5.32 Å². The molecule has 0 radical (unpaired) electrons. The highest BCUT2D eigenvalue weighted by Gasteiger charge is 2.07. The van der Waals surface area contributed by atoms with Crippen LogP contribution in [-0.4, -0.2) is 12.5 Å². The largest absolute Gasteiger partial charge is 0.351 e. The topological polar surface area (TPSA) is 76.7 Å². The summed E-state index contributed by atoms with van der Waals surface area (Å²) in [6.07, 6.45) is 3.39. The summed E-state index contributed by atoms with van der Waals surface area (Å²) in [6.45, 7) is 2.60. The van der Waals surface area contributed by atoms with Gasteiger partial charge in [0.1, 0.15) is 11.6 Å². The van der Waals surface area contributed by atoms with E-state index in [9.17, 15) is 4.79 Å². The molecule has 4 nitrogen and oxygen atoms in total. The van der Waals surface area contributed by atoms with E-state index in [0.29, 0.717) is 12.1 Å². The zero-order valence-corrected chi connectivity index (χ0v) is 10.8. The van der Waals surface area contributed by atoms with Crippen LogP contribution in [0.1, 0.15) is 30.9 Å². The molecule has 4 heteroatoms. The second-order valence-electron chi connectivity index (χ2n) is 4.01. The van der Waals surface area contributed by atoms with Crippen molar-refractivity contribution in [2.75, 3.05) is 6.54 Å². The first-order valence-electron chi connectivity index (χ1n) is 6.11. The zero-order chi connectivity index (χ0) is 14.1. The second-order valence-corrected chi connectivity index (χ2v) is 4.01. The highest BCUT2D eigenvalue weighted by atomic mass is 16.1. The van der Waals surface area contributed by atoms with Crippen LogP contribution in [0, 0.1) is 22.7 Å². The van der Waals surface area contributed by atoms with Gasteiger partial charge in [0.2, 0.25) is 0 Å². The first kappa shape index (κ1) is 14.5. The lowest BCUT2D eigenvalue weighted by molar-refractivity contribution is -0.117.